The summed E-state index contributed by atoms with van der Waals surface area (Å²) in [6, 6.07) is 4.78. The lowest BCUT2D eigenvalue weighted by atomic mass is 10.1. The number of carboxylic acids is 1. The number of phenols is 1. The fourth-order valence-corrected chi connectivity index (χ4v) is 1.76. The van der Waals surface area contributed by atoms with Crippen LogP contribution in [0.3, 0.4) is 0 Å². The topological polar surface area (TPSA) is 77.8 Å². The first-order valence-electron chi connectivity index (χ1n) is 6.18. The van der Waals surface area contributed by atoms with Gasteiger partial charge in [0, 0.05) is 13.1 Å². The van der Waals surface area contributed by atoms with E-state index in [4.69, 9.17) is 5.11 Å². The molecule has 0 bridgehead atoms. The van der Waals surface area contributed by atoms with Crippen molar-refractivity contribution in [1.29, 1.82) is 0 Å². The van der Waals surface area contributed by atoms with Crippen LogP contribution >= 0.6 is 0 Å². The molecular weight excluding hydrogens is 246 g/mol. The number of hydrogen-bond acceptors (Lipinski definition) is 3. The molecule has 104 valence electrons. The fraction of sp³-hybridized carbons (Fsp3) is 0.429. The van der Waals surface area contributed by atoms with E-state index in [1.54, 1.807) is 26.0 Å². The maximum absolute atomic E-state index is 12.3. The highest BCUT2D eigenvalue weighted by atomic mass is 16.4. The van der Waals surface area contributed by atoms with Gasteiger partial charge >= 0.3 is 5.97 Å². The third-order valence-corrected chi connectivity index (χ3v) is 2.97. The molecule has 5 heteroatoms. The molecular formula is C14H19NO4. The van der Waals surface area contributed by atoms with Crippen molar-refractivity contribution in [3.8, 4) is 5.75 Å². The summed E-state index contributed by atoms with van der Waals surface area (Å²) in [5.74, 6) is -2.02. The third kappa shape index (κ3) is 3.71. The van der Waals surface area contributed by atoms with Gasteiger partial charge in [0.15, 0.2) is 0 Å². The molecule has 0 saturated carbocycles. The number of hydrogen-bond donors (Lipinski definition) is 2. The van der Waals surface area contributed by atoms with E-state index >= 15 is 0 Å². The van der Waals surface area contributed by atoms with Crippen LogP contribution in [0.25, 0.3) is 0 Å². The largest absolute Gasteiger partial charge is 0.507 e. The van der Waals surface area contributed by atoms with Crippen LogP contribution < -0.4 is 0 Å². The molecule has 1 unspecified atom stereocenters. The molecule has 5 nitrogen and oxygen atoms in total. The van der Waals surface area contributed by atoms with Crippen molar-refractivity contribution >= 4 is 11.9 Å². The molecule has 1 atom stereocenters. The fourth-order valence-electron chi connectivity index (χ4n) is 1.76. The molecule has 19 heavy (non-hydrogen) atoms. The van der Waals surface area contributed by atoms with Crippen molar-refractivity contribution in [2.24, 2.45) is 5.92 Å². The molecule has 0 spiro atoms. The average molecular weight is 265 g/mol. The highest BCUT2D eigenvalue weighted by Crippen LogP contribution is 2.20. The quantitative estimate of drug-likeness (QED) is 0.852. The maximum atomic E-state index is 12.3. The zero-order chi connectivity index (χ0) is 14.6. The second-order valence-corrected chi connectivity index (χ2v) is 4.60. The Morgan fingerprint density at radius 1 is 1.37 bits per heavy atom. The Morgan fingerprint density at radius 2 is 2.00 bits per heavy atom. The van der Waals surface area contributed by atoms with Crippen molar-refractivity contribution in [1.82, 2.24) is 4.90 Å². The Balaban J connectivity index is 2.95. The van der Waals surface area contributed by atoms with E-state index in [9.17, 15) is 14.7 Å². The maximum Gasteiger partial charge on any atom is 0.308 e. The summed E-state index contributed by atoms with van der Waals surface area (Å²) in [5, 5.41) is 18.6. The highest BCUT2D eigenvalue weighted by molar-refractivity contribution is 5.97. The first-order valence-corrected chi connectivity index (χ1v) is 6.18. The number of benzene rings is 1. The van der Waals surface area contributed by atoms with E-state index in [1.807, 2.05) is 6.92 Å². The lowest BCUT2D eigenvalue weighted by molar-refractivity contribution is -0.141. The summed E-state index contributed by atoms with van der Waals surface area (Å²) in [7, 11) is 0. The number of carbonyl (C=O) groups is 2. The number of amides is 1. The van der Waals surface area contributed by atoms with Crippen molar-refractivity contribution in [2.45, 2.75) is 20.8 Å². The summed E-state index contributed by atoms with van der Waals surface area (Å²) in [5.41, 5.74) is 1.07. The number of nitrogens with zero attached hydrogens (tertiary/aromatic N) is 1. The summed E-state index contributed by atoms with van der Waals surface area (Å²) in [4.78, 5) is 24.5. The van der Waals surface area contributed by atoms with Gasteiger partial charge in [-0.3, -0.25) is 9.59 Å². The molecule has 0 aromatic heterocycles. The molecule has 1 aromatic rings. The minimum Gasteiger partial charge on any atom is -0.507 e. The van der Waals surface area contributed by atoms with Crippen LogP contribution in [0.1, 0.15) is 29.8 Å². The summed E-state index contributed by atoms with van der Waals surface area (Å²) in [6.07, 6.45) is 0. The Labute approximate surface area is 112 Å². The highest BCUT2D eigenvalue weighted by Gasteiger charge is 2.22. The van der Waals surface area contributed by atoms with Gasteiger partial charge in [0.25, 0.3) is 5.91 Å². The van der Waals surface area contributed by atoms with Gasteiger partial charge < -0.3 is 15.1 Å². The number of carboxylic acid groups (broad SMARTS) is 1. The van der Waals surface area contributed by atoms with Crippen molar-refractivity contribution in [3.05, 3.63) is 29.3 Å². The van der Waals surface area contributed by atoms with Gasteiger partial charge in [0.1, 0.15) is 5.75 Å². The Bertz CT molecular complexity index is 484. The molecule has 0 aliphatic rings. The number of aliphatic carboxylic acids is 1. The third-order valence-electron chi connectivity index (χ3n) is 2.97. The van der Waals surface area contributed by atoms with E-state index in [2.05, 4.69) is 0 Å². The van der Waals surface area contributed by atoms with E-state index in [1.165, 1.54) is 11.0 Å². The van der Waals surface area contributed by atoms with Crippen LogP contribution in [0.5, 0.6) is 5.75 Å². The molecule has 0 radical (unpaired) electrons. The molecule has 1 aromatic carbocycles. The number of rotatable bonds is 5. The average Bonchev–Trinajstić information content (AvgIpc) is 2.37. The molecule has 1 rings (SSSR count). The Kier molecular flexibility index (Phi) is 4.92. The SMILES string of the molecule is CCN(CC(C)C(=O)O)C(=O)c1cc(C)ccc1O. The van der Waals surface area contributed by atoms with Gasteiger partial charge in [-0.05, 0) is 26.0 Å². The number of aromatic hydroxyl groups is 1. The smallest absolute Gasteiger partial charge is 0.308 e. The molecule has 0 aliphatic heterocycles. The summed E-state index contributed by atoms with van der Waals surface area (Å²) < 4.78 is 0. The summed E-state index contributed by atoms with van der Waals surface area (Å²) >= 11 is 0. The Morgan fingerprint density at radius 3 is 2.53 bits per heavy atom. The lowest BCUT2D eigenvalue weighted by Gasteiger charge is -2.23. The van der Waals surface area contributed by atoms with E-state index in [0.29, 0.717) is 6.54 Å². The van der Waals surface area contributed by atoms with Crippen molar-refractivity contribution < 1.29 is 19.8 Å². The molecule has 0 heterocycles. The second kappa shape index (κ2) is 6.22. The monoisotopic (exact) mass is 265 g/mol. The first kappa shape index (κ1) is 15.0. The van der Waals surface area contributed by atoms with Gasteiger partial charge in [-0.1, -0.05) is 18.6 Å². The Hall–Kier alpha value is -2.04. The van der Waals surface area contributed by atoms with Crippen LogP contribution in [0.4, 0.5) is 0 Å². The molecule has 0 aliphatic carbocycles. The van der Waals surface area contributed by atoms with Gasteiger partial charge in [-0.15, -0.1) is 0 Å². The number of phenolic OH excluding ortho intramolecular Hbond substituents is 1. The standard InChI is InChI=1S/C14H19NO4/c1-4-15(8-10(3)14(18)19)13(17)11-7-9(2)5-6-12(11)16/h5-7,10,16H,4,8H2,1-3H3,(H,18,19). The van der Waals surface area contributed by atoms with Crippen LogP contribution in [-0.4, -0.2) is 40.1 Å². The van der Waals surface area contributed by atoms with Crippen LogP contribution in [0.2, 0.25) is 0 Å². The predicted octanol–water partition coefficient (Wildman–Crippen LogP) is 1.88. The number of aryl methyl sites for hydroxylation is 1. The summed E-state index contributed by atoms with van der Waals surface area (Å²) in [6.45, 7) is 5.67. The first-order chi connectivity index (χ1) is 8.86. The van der Waals surface area contributed by atoms with Crippen LogP contribution in [-0.2, 0) is 4.79 Å². The number of carbonyl (C=O) groups excluding carboxylic acids is 1. The van der Waals surface area contributed by atoms with E-state index in [-0.39, 0.29) is 23.8 Å². The van der Waals surface area contributed by atoms with Gasteiger partial charge in [0.05, 0.1) is 11.5 Å². The van der Waals surface area contributed by atoms with Gasteiger partial charge in [-0.2, -0.15) is 0 Å². The molecule has 0 fully saturated rings. The predicted molar refractivity (Wildman–Crippen MR) is 71.2 cm³/mol. The zero-order valence-corrected chi connectivity index (χ0v) is 11.4. The molecule has 2 N–H and O–H groups in total. The minimum atomic E-state index is -0.945. The van der Waals surface area contributed by atoms with E-state index in [0.717, 1.165) is 5.56 Å². The van der Waals surface area contributed by atoms with Crippen LogP contribution in [0.15, 0.2) is 18.2 Å². The van der Waals surface area contributed by atoms with Crippen molar-refractivity contribution in [2.75, 3.05) is 13.1 Å². The van der Waals surface area contributed by atoms with Crippen LogP contribution in [0, 0.1) is 12.8 Å². The zero-order valence-electron chi connectivity index (χ0n) is 11.4. The minimum absolute atomic E-state index is 0.0861. The lowest BCUT2D eigenvalue weighted by Crippen LogP contribution is -2.36. The van der Waals surface area contributed by atoms with E-state index < -0.39 is 11.9 Å². The van der Waals surface area contributed by atoms with Crippen molar-refractivity contribution in [3.63, 3.8) is 0 Å². The van der Waals surface area contributed by atoms with Gasteiger partial charge in [-0.25, -0.2) is 0 Å². The second-order valence-electron chi connectivity index (χ2n) is 4.60. The molecule has 0 saturated heterocycles. The van der Waals surface area contributed by atoms with Gasteiger partial charge in [0.2, 0.25) is 0 Å². The molecule has 1 amide bonds. The normalized spacial score (nSPS) is 11.9.